The van der Waals surface area contributed by atoms with Crippen molar-refractivity contribution in [1.29, 1.82) is 0 Å². The maximum absolute atomic E-state index is 9.06. The highest BCUT2D eigenvalue weighted by molar-refractivity contribution is 5.17. The molecule has 0 unspecified atom stereocenters. The zero-order valence-electron chi connectivity index (χ0n) is 8.85. The first-order valence-corrected chi connectivity index (χ1v) is 5.16. The highest BCUT2D eigenvalue weighted by atomic mass is 16.3. The van der Waals surface area contributed by atoms with Crippen LogP contribution in [-0.2, 0) is 13.0 Å². The van der Waals surface area contributed by atoms with Gasteiger partial charge in [0.15, 0.2) is 0 Å². The molecule has 84 valence electrons. The van der Waals surface area contributed by atoms with Gasteiger partial charge in [0.25, 0.3) is 0 Å². The number of hydrogen-bond donors (Lipinski definition) is 3. The second-order valence-electron chi connectivity index (χ2n) is 3.51. The summed E-state index contributed by atoms with van der Waals surface area (Å²) in [7, 11) is 0. The minimum atomic E-state index is 0.196. The number of nitrogens with zero attached hydrogens (tertiary/aromatic N) is 2. The number of rotatable bonds is 5. The standard InChI is InChI=1S/C11H14N4O/c16-11-2-1-9(14-7-11)5-12-4-3-10-6-13-8-15-10/h1-2,6-8,12,16H,3-5H2,(H,13,15). The summed E-state index contributed by atoms with van der Waals surface area (Å²) in [6.45, 7) is 1.57. The van der Waals surface area contributed by atoms with Gasteiger partial charge in [0.05, 0.1) is 18.2 Å². The van der Waals surface area contributed by atoms with Crippen LogP contribution in [0.2, 0.25) is 0 Å². The molecule has 2 aromatic heterocycles. The molecule has 0 spiro atoms. The lowest BCUT2D eigenvalue weighted by atomic mass is 10.3. The molecule has 0 atom stereocenters. The maximum atomic E-state index is 9.06. The highest BCUT2D eigenvalue weighted by Gasteiger charge is 1.96. The predicted octanol–water partition coefficient (Wildman–Crippen LogP) is 0.843. The molecule has 3 N–H and O–H groups in total. The van der Waals surface area contributed by atoms with Crippen LogP contribution in [-0.4, -0.2) is 26.6 Å². The fourth-order valence-electron chi connectivity index (χ4n) is 1.38. The van der Waals surface area contributed by atoms with Crippen LogP contribution in [0.4, 0.5) is 0 Å². The molecule has 0 radical (unpaired) electrons. The van der Waals surface area contributed by atoms with E-state index in [1.807, 2.05) is 6.20 Å². The van der Waals surface area contributed by atoms with E-state index in [1.54, 1.807) is 18.5 Å². The summed E-state index contributed by atoms with van der Waals surface area (Å²) < 4.78 is 0. The summed E-state index contributed by atoms with van der Waals surface area (Å²) in [5, 5.41) is 12.3. The third-order valence-corrected chi connectivity index (χ3v) is 2.24. The van der Waals surface area contributed by atoms with Crippen molar-refractivity contribution in [3.63, 3.8) is 0 Å². The van der Waals surface area contributed by atoms with Crippen LogP contribution in [0.25, 0.3) is 0 Å². The van der Waals surface area contributed by atoms with Crippen LogP contribution in [0.5, 0.6) is 5.75 Å². The molecule has 0 aliphatic carbocycles. The molecule has 0 aliphatic heterocycles. The SMILES string of the molecule is Oc1ccc(CNCCc2cnc[nH]2)nc1. The van der Waals surface area contributed by atoms with E-state index in [0.717, 1.165) is 24.4 Å². The highest BCUT2D eigenvalue weighted by Crippen LogP contribution is 2.05. The van der Waals surface area contributed by atoms with Crippen molar-refractivity contribution >= 4 is 0 Å². The maximum Gasteiger partial charge on any atom is 0.133 e. The van der Waals surface area contributed by atoms with Gasteiger partial charge in [-0.1, -0.05) is 0 Å². The lowest BCUT2D eigenvalue weighted by Gasteiger charge is -2.03. The van der Waals surface area contributed by atoms with Crippen LogP contribution in [0.15, 0.2) is 30.9 Å². The Kier molecular flexibility index (Phi) is 3.50. The Morgan fingerprint density at radius 3 is 2.94 bits per heavy atom. The summed E-state index contributed by atoms with van der Waals surface area (Å²) >= 11 is 0. The van der Waals surface area contributed by atoms with Gasteiger partial charge in [-0.15, -0.1) is 0 Å². The van der Waals surface area contributed by atoms with Gasteiger partial charge in [0.2, 0.25) is 0 Å². The van der Waals surface area contributed by atoms with Crippen LogP contribution in [0.1, 0.15) is 11.4 Å². The molecule has 0 bridgehead atoms. The Morgan fingerprint density at radius 2 is 2.25 bits per heavy atom. The van der Waals surface area contributed by atoms with E-state index in [2.05, 4.69) is 20.3 Å². The number of aromatic hydroxyl groups is 1. The van der Waals surface area contributed by atoms with Gasteiger partial charge in [0.1, 0.15) is 5.75 Å². The van der Waals surface area contributed by atoms with Crippen LogP contribution >= 0.6 is 0 Å². The van der Waals surface area contributed by atoms with Crippen LogP contribution < -0.4 is 5.32 Å². The molecule has 5 nitrogen and oxygen atoms in total. The zero-order valence-corrected chi connectivity index (χ0v) is 8.85. The molecule has 5 heteroatoms. The zero-order chi connectivity index (χ0) is 11.2. The van der Waals surface area contributed by atoms with E-state index in [0.29, 0.717) is 6.54 Å². The van der Waals surface area contributed by atoms with Gasteiger partial charge in [-0.3, -0.25) is 4.98 Å². The molecule has 0 saturated carbocycles. The fraction of sp³-hybridized carbons (Fsp3) is 0.273. The largest absolute Gasteiger partial charge is 0.506 e. The smallest absolute Gasteiger partial charge is 0.133 e. The van der Waals surface area contributed by atoms with E-state index in [9.17, 15) is 0 Å². The van der Waals surface area contributed by atoms with E-state index in [4.69, 9.17) is 5.11 Å². The van der Waals surface area contributed by atoms with Gasteiger partial charge in [-0.2, -0.15) is 0 Å². The summed E-state index contributed by atoms with van der Waals surface area (Å²) in [4.78, 5) is 11.1. The number of nitrogens with one attached hydrogen (secondary N) is 2. The van der Waals surface area contributed by atoms with E-state index < -0.39 is 0 Å². The second-order valence-corrected chi connectivity index (χ2v) is 3.51. The van der Waals surface area contributed by atoms with E-state index in [-0.39, 0.29) is 5.75 Å². The number of imidazole rings is 1. The lowest BCUT2D eigenvalue weighted by molar-refractivity contribution is 0.471. The molecule has 0 amide bonds. The molecule has 0 aliphatic rings. The van der Waals surface area contributed by atoms with Gasteiger partial charge < -0.3 is 15.4 Å². The van der Waals surface area contributed by atoms with Crippen molar-refractivity contribution < 1.29 is 5.11 Å². The lowest BCUT2D eigenvalue weighted by Crippen LogP contribution is -2.17. The fourth-order valence-corrected chi connectivity index (χ4v) is 1.38. The van der Waals surface area contributed by atoms with Crippen LogP contribution in [0, 0.1) is 0 Å². The Morgan fingerprint density at radius 1 is 1.31 bits per heavy atom. The molecule has 2 rings (SSSR count). The van der Waals surface area contributed by atoms with Gasteiger partial charge in [-0.05, 0) is 12.1 Å². The number of pyridine rings is 1. The van der Waals surface area contributed by atoms with Crippen molar-refractivity contribution in [2.45, 2.75) is 13.0 Å². The third-order valence-electron chi connectivity index (χ3n) is 2.24. The molecule has 0 fully saturated rings. The Hall–Kier alpha value is -1.88. The van der Waals surface area contributed by atoms with Gasteiger partial charge >= 0.3 is 0 Å². The molecular weight excluding hydrogens is 204 g/mol. The second kappa shape index (κ2) is 5.27. The minimum absolute atomic E-state index is 0.196. The summed E-state index contributed by atoms with van der Waals surface area (Å²) in [5.74, 6) is 0.196. The first-order chi connectivity index (χ1) is 7.84. The number of hydrogen-bond acceptors (Lipinski definition) is 4. The molecule has 2 heterocycles. The number of aromatic amines is 1. The minimum Gasteiger partial charge on any atom is -0.506 e. The average molecular weight is 218 g/mol. The first kappa shape index (κ1) is 10.6. The Labute approximate surface area is 93.6 Å². The molecule has 16 heavy (non-hydrogen) atoms. The summed E-state index contributed by atoms with van der Waals surface area (Å²) in [5.41, 5.74) is 2.04. The molecule has 0 saturated heterocycles. The summed E-state index contributed by atoms with van der Waals surface area (Å²) in [6.07, 6.45) is 5.86. The van der Waals surface area contributed by atoms with E-state index >= 15 is 0 Å². The Balaban J connectivity index is 1.70. The van der Waals surface area contributed by atoms with Crippen molar-refractivity contribution in [2.75, 3.05) is 6.54 Å². The van der Waals surface area contributed by atoms with Crippen LogP contribution in [0.3, 0.4) is 0 Å². The van der Waals surface area contributed by atoms with Gasteiger partial charge in [-0.25, -0.2) is 4.98 Å². The monoisotopic (exact) mass is 218 g/mol. The normalized spacial score (nSPS) is 10.5. The quantitative estimate of drug-likeness (QED) is 0.650. The van der Waals surface area contributed by atoms with Crippen molar-refractivity contribution in [3.05, 3.63) is 42.2 Å². The average Bonchev–Trinajstić information content (AvgIpc) is 2.80. The van der Waals surface area contributed by atoms with Crippen molar-refractivity contribution in [2.24, 2.45) is 0 Å². The Bertz CT molecular complexity index is 410. The third kappa shape index (κ3) is 3.06. The predicted molar refractivity (Wildman–Crippen MR) is 59.9 cm³/mol. The van der Waals surface area contributed by atoms with Crippen molar-refractivity contribution in [3.8, 4) is 5.75 Å². The van der Waals surface area contributed by atoms with E-state index in [1.165, 1.54) is 6.20 Å². The first-order valence-electron chi connectivity index (χ1n) is 5.16. The van der Waals surface area contributed by atoms with Crippen molar-refractivity contribution in [1.82, 2.24) is 20.3 Å². The molecular formula is C11H14N4O. The molecule has 2 aromatic rings. The number of H-pyrrole nitrogens is 1. The van der Waals surface area contributed by atoms with Gasteiger partial charge in [0, 0.05) is 31.4 Å². The molecule has 0 aromatic carbocycles. The summed E-state index contributed by atoms with van der Waals surface area (Å²) in [6, 6.07) is 3.44. The topological polar surface area (TPSA) is 73.8 Å². The number of aromatic nitrogens is 3.